The number of hydrogen-bond donors (Lipinski definition) is 0. The van der Waals surface area contributed by atoms with Crippen molar-refractivity contribution in [2.45, 2.75) is 20.4 Å². The van der Waals surface area contributed by atoms with Gasteiger partial charge in [-0.05, 0) is 60.3 Å². The van der Waals surface area contributed by atoms with Crippen molar-refractivity contribution in [2.75, 3.05) is 6.61 Å². The molecular weight excluding hydrogens is 446 g/mol. The van der Waals surface area contributed by atoms with Crippen molar-refractivity contribution in [2.24, 2.45) is 0 Å². The summed E-state index contributed by atoms with van der Waals surface area (Å²) in [6, 6.07) is 13.6. The Bertz CT molecular complexity index is 1200. The van der Waals surface area contributed by atoms with Crippen molar-refractivity contribution in [1.82, 2.24) is 4.57 Å². The number of hydrogen-bond acceptors (Lipinski definition) is 6. The van der Waals surface area contributed by atoms with Gasteiger partial charge >= 0.3 is 5.97 Å². The molecule has 0 aromatic carbocycles. The van der Waals surface area contributed by atoms with E-state index in [1.54, 1.807) is 22.7 Å². The summed E-state index contributed by atoms with van der Waals surface area (Å²) < 4.78 is 7.57. The second-order valence-corrected chi connectivity index (χ2v) is 9.96. The molecule has 4 heterocycles. The predicted octanol–water partition coefficient (Wildman–Crippen LogP) is 6.30. The van der Waals surface area contributed by atoms with Crippen LogP contribution in [0.4, 0.5) is 0 Å². The first-order valence-electron chi connectivity index (χ1n) is 9.71. The third kappa shape index (κ3) is 4.95. The van der Waals surface area contributed by atoms with Gasteiger partial charge in [0.25, 0.3) is 0 Å². The van der Waals surface area contributed by atoms with Crippen LogP contribution in [0.2, 0.25) is 0 Å². The number of nitrogens with zero attached hydrogens (tertiary/aromatic N) is 1. The number of carbonyl (C=O) groups is 2. The zero-order valence-electron chi connectivity index (χ0n) is 17.2. The molecule has 158 valence electrons. The van der Waals surface area contributed by atoms with Crippen LogP contribution in [-0.2, 0) is 16.1 Å². The lowest BCUT2D eigenvalue weighted by Crippen LogP contribution is -2.15. The van der Waals surface area contributed by atoms with Gasteiger partial charge in [-0.3, -0.25) is 4.79 Å². The van der Waals surface area contributed by atoms with E-state index < -0.39 is 5.97 Å². The highest BCUT2D eigenvalue weighted by molar-refractivity contribution is 7.12. The SMILES string of the molecule is Cc1cc(C(=O)COC(=O)/C(=C/c2cccs2)c2cccs2)c(C)n1Cc1cccs1. The highest BCUT2D eigenvalue weighted by Crippen LogP contribution is 2.26. The van der Waals surface area contributed by atoms with E-state index in [4.69, 9.17) is 4.74 Å². The Morgan fingerprint density at radius 1 is 1.00 bits per heavy atom. The summed E-state index contributed by atoms with van der Waals surface area (Å²) in [5.74, 6) is -0.683. The van der Waals surface area contributed by atoms with Gasteiger partial charge in [0.2, 0.25) is 5.78 Å². The summed E-state index contributed by atoms with van der Waals surface area (Å²) in [5, 5.41) is 5.92. The molecule has 31 heavy (non-hydrogen) atoms. The van der Waals surface area contributed by atoms with Gasteiger partial charge in [0.05, 0.1) is 12.1 Å². The topological polar surface area (TPSA) is 48.3 Å². The van der Waals surface area contributed by atoms with Gasteiger partial charge in [0.1, 0.15) is 0 Å². The molecular formula is C24H21NO3S3. The minimum absolute atomic E-state index is 0.194. The van der Waals surface area contributed by atoms with E-state index in [9.17, 15) is 9.59 Å². The zero-order valence-corrected chi connectivity index (χ0v) is 19.6. The van der Waals surface area contributed by atoms with Crippen LogP contribution in [-0.4, -0.2) is 22.9 Å². The lowest BCUT2D eigenvalue weighted by atomic mass is 10.1. The summed E-state index contributed by atoms with van der Waals surface area (Å²) in [6.07, 6.45) is 1.82. The quantitative estimate of drug-likeness (QED) is 0.173. The Morgan fingerprint density at radius 3 is 2.42 bits per heavy atom. The lowest BCUT2D eigenvalue weighted by molar-refractivity contribution is -0.135. The average molecular weight is 468 g/mol. The molecule has 0 saturated carbocycles. The van der Waals surface area contributed by atoms with Crippen molar-refractivity contribution < 1.29 is 14.3 Å². The van der Waals surface area contributed by atoms with Crippen LogP contribution in [0.25, 0.3) is 11.6 Å². The van der Waals surface area contributed by atoms with Crippen molar-refractivity contribution in [1.29, 1.82) is 0 Å². The molecule has 0 saturated heterocycles. The van der Waals surface area contributed by atoms with Crippen LogP contribution in [0.5, 0.6) is 0 Å². The number of ether oxygens (including phenoxy) is 1. The minimum atomic E-state index is -0.489. The Kier molecular flexibility index (Phi) is 6.65. The maximum absolute atomic E-state index is 12.9. The third-order valence-electron chi connectivity index (χ3n) is 4.94. The van der Waals surface area contributed by atoms with Gasteiger partial charge in [-0.15, -0.1) is 34.0 Å². The summed E-state index contributed by atoms with van der Waals surface area (Å²) in [7, 11) is 0. The first kappa shape index (κ1) is 21.5. The molecule has 0 amide bonds. The highest BCUT2D eigenvalue weighted by Gasteiger charge is 2.20. The van der Waals surface area contributed by atoms with Gasteiger partial charge in [0.15, 0.2) is 6.61 Å². The van der Waals surface area contributed by atoms with E-state index in [1.165, 1.54) is 16.2 Å². The lowest BCUT2D eigenvalue weighted by Gasteiger charge is -2.09. The summed E-state index contributed by atoms with van der Waals surface area (Å²) in [6.45, 7) is 4.37. The van der Waals surface area contributed by atoms with Crippen molar-refractivity contribution >= 4 is 57.4 Å². The molecule has 0 aliphatic rings. The highest BCUT2D eigenvalue weighted by atomic mass is 32.1. The predicted molar refractivity (Wildman–Crippen MR) is 129 cm³/mol. The van der Waals surface area contributed by atoms with Crippen LogP contribution in [0.1, 0.15) is 36.4 Å². The molecule has 0 aliphatic carbocycles. The molecule has 0 atom stereocenters. The van der Waals surface area contributed by atoms with E-state index in [-0.39, 0.29) is 12.4 Å². The van der Waals surface area contributed by atoms with Crippen LogP contribution in [0.15, 0.2) is 58.6 Å². The van der Waals surface area contributed by atoms with Gasteiger partial charge in [0, 0.05) is 31.6 Å². The van der Waals surface area contributed by atoms with Gasteiger partial charge < -0.3 is 9.30 Å². The fourth-order valence-electron chi connectivity index (χ4n) is 3.35. The number of carbonyl (C=O) groups excluding carboxylic acids is 2. The van der Waals surface area contributed by atoms with Gasteiger partial charge in [-0.2, -0.15) is 0 Å². The number of rotatable bonds is 8. The first-order chi connectivity index (χ1) is 15.0. The van der Waals surface area contributed by atoms with E-state index >= 15 is 0 Å². The van der Waals surface area contributed by atoms with E-state index in [0.717, 1.165) is 27.7 Å². The van der Waals surface area contributed by atoms with Crippen molar-refractivity contribution in [3.63, 3.8) is 0 Å². The molecule has 7 heteroatoms. The van der Waals surface area contributed by atoms with Crippen molar-refractivity contribution in [3.05, 3.63) is 90.2 Å². The Hall–Kier alpha value is -2.74. The minimum Gasteiger partial charge on any atom is -0.454 e. The molecule has 0 spiro atoms. The average Bonchev–Trinajstić information content (AvgIpc) is 3.56. The second kappa shape index (κ2) is 9.60. The van der Waals surface area contributed by atoms with Crippen LogP contribution >= 0.6 is 34.0 Å². The molecule has 4 aromatic rings. The standard InChI is InChI=1S/C24H21NO3S3/c1-16-12-20(17(2)25(16)14-19-7-4-10-30-19)22(26)15-28-24(27)21(23-8-5-11-31-23)13-18-6-3-9-29-18/h3-13H,14-15H2,1-2H3/b21-13+. The molecule has 4 rings (SSSR count). The Labute approximate surface area is 193 Å². The first-order valence-corrected chi connectivity index (χ1v) is 12.4. The summed E-state index contributed by atoms with van der Waals surface area (Å²) in [4.78, 5) is 28.7. The number of Topliss-reactive ketones (excluding diaryl/α,β-unsaturated/α-hetero) is 1. The van der Waals surface area contributed by atoms with Gasteiger partial charge in [-0.25, -0.2) is 4.79 Å². The monoisotopic (exact) mass is 467 g/mol. The molecule has 4 nitrogen and oxygen atoms in total. The molecule has 0 aliphatic heterocycles. The molecule has 0 radical (unpaired) electrons. The van der Waals surface area contributed by atoms with Crippen molar-refractivity contribution in [3.8, 4) is 0 Å². The van der Waals surface area contributed by atoms with Crippen LogP contribution in [0, 0.1) is 13.8 Å². The zero-order chi connectivity index (χ0) is 21.8. The van der Waals surface area contributed by atoms with E-state index in [0.29, 0.717) is 11.1 Å². The molecule has 0 bridgehead atoms. The Morgan fingerprint density at radius 2 is 1.74 bits per heavy atom. The number of aromatic nitrogens is 1. The molecule has 4 aromatic heterocycles. The number of aryl methyl sites for hydroxylation is 1. The second-order valence-electron chi connectivity index (χ2n) is 7.00. The molecule has 0 N–H and O–H groups in total. The van der Waals surface area contributed by atoms with E-state index in [2.05, 4.69) is 10.6 Å². The summed E-state index contributed by atoms with van der Waals surface area (Å²) in [5.41, 5.74) is 2.96. The maximum atomic E-state index is 12.9. The molecule has 0 fully saturated rings. The number of thiophene rings is 3. The maximum Gasteiger partial charge on any atom is 0.340 e. The number of ketones is 1. The number of esters is 1. The van der Waals surface area contributed by atoms with Crippen LogP contribution < -0.4 is 0 Å². The van der Waals surface area contributed by atoms with Crippen LogP contribution in [0.3, 0.4) is 0 Å². The van der Waals surface area contributed by atoms with E-state index in [1.807, 2.05) is 72.5 Å². The normalized spacial score (nSPS) is 11.6. The fourth-order valence-corrected chi connectivity index (χ4v) is 5.43. The fraction of sp³-hybridized carbons (Fsp3) is 0.167. The van der Waals surface area contributed by atoms with Gasteiger partial charge in [-0.1, -0.05) is 18.2 Å². The smallest absolute Gasteiger partial charge is 0.340 e. The summed E-state index contributed by atoms with van der Waals surface area (Å²) >= 11 is 4.71. The Balaban J connectivity index is 1.48. The molecule has 0 unspecified atom stereocenters. The largest absolute Gasteiger partial charge is 0.454 e. The third-order valence-corrected chi connectivity index (χ3v) is 7.52.